The lowest BCUT2D eigenvalue weighted by molar-refractivity contribution is 0.669. The van der Waals surface area contributed by atoms with Crippen molar-refractivity contribution in [3.8, 4) is 11.4 Å². The van der Waals surface area contributed by atoms with Gasteiger partial charge in [-0.2, -0.15) is 0 Å². The van der Waals surface area contributed by atoms with Gasteiger partial charge in [0.2, 0.25) is 0 Å². The monoisotopic (exact) mass is 299 g/mol. The zero-order chi connectivity index (χ0) is 15.4. The Morgan fingerprint density at radius 3 is 2.74 bits per heavy atom. The molecular weight excluding hydrogens is 286 g/mol. The second-order valence-corrected chi connectivity index (χ2v) is 5.64. The molecule has 4 heteroatoms. The van der Waals surface area contributed by atoms with Gasteiger partial charge in [0.05, 0.1) is 22.8 Å². The fraction of sp³-hybridized carbons (Fsp3) is 0.0526. The molecule has 0 atom stereocenters. The van der Waals surface area contributed by atoms with Crippen LogP contribution in [0, 0.1) is 0 Å². The first-order valence-corrected chi connectivity index (χ1v) is 7.50. The van der Waals surface area contributed by atoms with Crippen molar-refractivity contribution < 1.29 is 4.42 Å². The number of imidazole rings is 1. The van der Waals surface area contributed by atoms with E-state index in [4.69, 9.17) is 9.40 Å². The summed E-state index contributed by atoms with van der Waals surface area (Å²) in [7, 11) is 2.01. The first-order chi connectivity index (χ1) is 11.3. The molecule has 0 amide bonds. The van der Waals surface area contributed by atoms with Gasteiger partial charge in [-0.3, -0.25) is 4.98 Å². The van der Waals surface area contributed by atoms with E-state index >= 15 is 0 Å². The minimum absolute atomic E-state index is 0.875. The quantitative estimate of drug-likeness (QED) is 0.456. The molecule has 110 valence electrons. The number of fused-ring (bicyclic) bond motifs is 4. The summed E-state index contributed by atoms with van der Waals surface area (Å²) in [5, 5.41) is 2.24. The molecule has 0 aliphatic rings. The second kappa shape index (κ2) is 4.43. The van der Waals surface area contributed by atoms with Gasteiger partial charge in [0, 0.05) is 24.0 Å². The maximum Gasteiger partial charge on any atom is 0.146 e. The van der Waals surface area contributed by atoms with E-state index in [0.29, 0.717) is 0 Å². The van der Waals surface area contributed by atoms with E-state index in [9.17, 15) is 0 Å². The average molecular weight is 299 g/mol. The summed E-state index contributed by atoms with van der Waals surface area (Å²) in [6.07, 6.45) is 3.60. The molecule has 3 heterocycles. The van der Waals surface area contributed by atoms with E-state index < -0.39 is 0 Å². The summed E-state index contributed by atoms with van der Waals surface area (Å²) < 4.78 is 8.18. The van der Waals surface area contributed by atoms with Crippen molar-refractivity contribution in [2.24, 2.45) is 7.05 Å². The predicted molar refractivity (Wildman–Crippen MR) is 91.2 cm³/mol. The van der Waals surface area contributed by atoms with E-state index in [-0.39, 0.29) is 0 Å². The van der Waals surface area contributed by atoms with Crippen LogP contribution < -0.4 is 0 Å². The van der Waals surface area contributed by atoms with Crippen LogP contribution >= 0.6 is 0 Å². The van der Waals surface area contributed by atoms with Crippen molar-refractivity contribution in [3.63, 3.8) is 0 Å². The molecule has 2 aromatic carbocycles. The van der Waals surface area contributed by atoms with Gasteiger partial charge in [-0.25, -0.2) is 4.98 Å². The third-order valence-electron chi connectivity index (χ3n) is 4.33. The lowest BCUT2D eigenvalue weighted by atomic mass is 10.1. The highest BCUT2D eigenvalue weighted by atomic mass is 16.3. The van der Waals surface area contributed by atoms with Gasteiger partial charge in [-0.15, -0.1) is 0 Å². The molecule has 5 rings (SSSR count). The summed E-state index contributed by atoms with van der Waals surface area (Å²) in [4.78, 5) is 8.96. The average Bonchev–Trinajstić information content (AvgIpc) is 3.13. The Bertz CT molecular complexity index is 1180. The Kier molecular flexibility index (Phi) is 2.39. The Morgan fingerprint density at radius 2 is 1.83 bits per heavy atom. The molecule has 0 saturated heterocycles. The molecule has 0 N–H and O–H groups in total. The first kappa shape index (κ1) is 12.4. The topological polar surface area (TPSA) is 43.9 Å². The van der Waals surface area contributed by atoms with Gasteiger partial charge in [0.15, 0.2) is 0 Å². The highest BCUT2D eigenvalue weighted by Crippen LogP contribution is 2.35. The van der Waals surface area contributed by atoms with E-state index in [1.165, 1.54) is 0 Å². The SMILES string of the molecule is Cn1c(-c2cccc3c2oc2ccccc23)nc2ccncc21. The molecule has 4 nitrogen and oxygen atoms in total. The van der Waals surface area contributed by atoms with Crippen molar-refractivity contribution in [3.05, 3.63) is 60.9 Å². The standard InChI is InChI=1S/C19H13N3O/c1-22-16-11-20-10-9-15(16)21-19(22)14-7-4-6-13-12-5-2-3-8-17(12)23-18(13)14/h2-11H,1H3. The van der Waals surface area contributed by atoms with Crippen molar-refractivity contribution >= 4 is 33.0 Å². The van der Waals surface area contributed by atoms with Crippen LogP contribution in [-0.4, -0.2) is 14.5 Å². The molecule has 3 aromatic heterocycles. The number of aryl methyl sites for hydroxylation is 1. The number of aromatic nitrogens is 3. The minimum atomic E-state index is 0.875. The van der Waals surface area contributed by atoms with E-state index in [0.717, 1.165) is 44.4 Å². The Labute approximate surface area is 132 Å². The molecule has 0 aliphatic carbocycles. The zero-order valence-corrected chi connectivity index (χ0v) is 12.5. The minimum Gasteiger partial charge on any atom is -0.455 e. The molecule has 5 aromatic rings. The molecule has 23 heavy (non-hydrogen) atoms. The first-order valence-electron chi connectivity index (χ1n) is 7.50. The van der Waals surface area contributed by atoms with Gasteiger partial charge < -0.3 is 8.98 Å². The number of rotatable bonds is 1. The Hall–Kier alpha value is -3.14. The summed E-state index contributed by atoms with van der Waals surface area (Å²) in [6, 6.07) is 16.2. The zero-order valence-electron chi connectivity index (χ0n) is 12.5. The van der Waals surface area contributed by atoms with Gasteiger partial charge in [0.25, 0.3) is 0 Å². The number of benzene rings is 2. The molecule has 0 saturated carbocycles. The molecule has 0 aliphatic heterocycles. The van der Waals surface area contributed by atoms with E-state index in [1.807, 2.05) is 37.5 Å². The van der Waals surface area contributed by atoms with Crippen LogP contribution in [0.15, 0.2) is 65.3 Å². The van der Waals surface area contributed by atoms with Crippen molar-refractivity contribution in [2.45, 2.75) is 0 Å². The predicted octanol–water partition coefficient (Wildman–Crippen LogP) is 4.53. The number of furan rings is 1. The van der Waals surface area contributed by atoms with Gasteiger partial charge >= 0.3 is 0 Å². The maximum absolute atomic E-state index is 6.12. The number of para-hydroxylation sites is 2. The van der Waals surface area contributed by atoms with Gasteiger partial charge in [-0.05, 0) is 18.2 Å². The number of pyridine rings is 1. The number of hydrogen-bond acceptors (Lipinski definition) is 3. The van der Waals surface area contributed by atoms with Crippen LogP contribution in [0.4, 0.5) is 0 Å². The molecule has 0 unspecified atom stereocenters. The molecule has 0 spiro atoms. The summed E-state index contributed by atoms with van der Waals surface area (Å²) in [5.41, 5.74) is 4.72. The van der Waals surface area contributed by atoms with Crippen LogP contribution in [0.5, 0.6) is 0 Å². The fourth-order valence-electron chi connectivity index (χ4n) is 3.20. The molecular formula is C19H13N3O. The highest BCUT2D eigenvalue weighted by Gasteiger charge is 2.16. The van der Waals surface area contributed by atoms with Crippen LogP contribution in [0.1, 0.15) is 0 Å². The van der Waals surface area contributed by atoms with Crippen LogP contribution in [0.2, 0.25) is 0 Å². The van der Waals surface area contributed by atoms with Crippen LogP contribution in [-0.2, 0) is 7.05 Å². The fourth-order valence-corrected chi connectivity index (χ4v) is 3.20. The van der Waals surface area contributed by atoms with Gasteiger partial charge in [-0.1, -0.05) is 30.3 Å². The molecule has 0 fully saturated rings. The summed E-state index contributed by atoms with van der Waals surface area (Å²) in [6.45, 7) is 0. The Morgan fingerprint density at radius 1 is 0.957 bits per heavy atom. The number of hydrogen-bond donors (Lipinski definition) is 0. The van der Waals surface area contributed by atoms with Crippen LogP contribution in [0.25, 0.3) is 44.4 Å². The normalized spacial score (nSPS) is 11.7. The maximum atomic E-state index is 6.12. The van der Waals surface area contributed by atoms with Crippen molar-refractivity contribution in [1.29, 1.82) is 0 Å². The smallest absolute Gasteiger partial charge is 0.146 e. The molecule has 0 bridgehead atoms. The van der Waals surface area contributed by atoms with E-state index in [2.05, 4.69) is 33.8 Å². The third kappa shape index (κ3) is 1.66. The summed E-state index contributed by atoms with van der Waals surface area (Å²) >= 11 is 0. The van der Waals surface area contributed by atoms with Crippen LogP contribution in [0.3, 0.4) is 0 Å². The highest BCUT2D eigenvalue weighted by molar-refractivity contribution is 6.09. The Balaban J connectivity index is 1.90. The van der Waals surface area contributed by atoms with Gasteiger partial charge in [0.1, 0.15) is 17.0 Å². The van der Waals surface area contributed by atoms with E-state index in [1.54, 1.807) is 6.20 Å². The van der Waals surface area contributed by atoms with Crippen molar-refractivity contribution in [1.82, 2.24) is 14.5 Å². The largest absolute Gasteiger partial charge is 0.455 e. The third-order valence-corrected chi connectivity index (χ3v) is 4.33. The van der Waals surface area contributed by atoms with Crippen molar-refractivity contribution in [2.75, 3.05) is 0 Å². The second-order valence-electron chi connectivity index (χ2n) is 5.64. The lowest BCUT2D eigenvalue weighted by Crippen LogP contribution is -1.92. The lowest BCUT2D eigenvalue weighted by Gasteiger charge is -2.03. The number of nitrogens with zero attached hydrogens (tertiary/aromatic N) is 3. The molecule has 0 radical (unpaired) electrons. The summed E-state index contributed by atoms with van der Waals surface area (Å²) in [5.74, 6) is 0.887.